The highest BCUT2D eigenvalue weighted by atomic mass is 32.2. The molecule has 1 saturated heterocycles. The third-order valence-corrected chi connectivity index (χ3v) is 7.45. The van der Waals surface area contributed by atoms with Gasteiger partial charge in [0.25, 0.3) is 0 Å². The molecule has 0 bridgehead atoms. The van der Waals surface area contributed by atoms with Gasteiger partial charge in [-0.05, 0) is 56.0 Å². The van der Waals surface area contributed by atoms with Crippen LogP contribution in [-0.4, -0.2) is 45.9 Å². The molecule has 2 aromatic rings. The van der Waals surface area contributed by atoms with Crippen molar-refractivity contribution in [2.45, 2.75) is 43.5 Å². The molecule has 1 amide bonds. The zero-order valence-electron chi connectivity index (χ0n) is 18.3. The van der Waals surface area contributed by atoms with Gasteiger partial charge in [-0.3, -0.25) is 4.79 Å². The number of para-hydroxylation sites is 1. The molecule has 0 aromatic heterocycles. The van der Waals surface area contributed by atoms with Crippen molar-refractivity contribution in [1.82, 2.24) is 9.62 Å². The van der Waals surface area contributed by atoms with Crippen molar-refractivity contribution in [3.05, 3.63) is 53.6 Å². The van der Waals surface area contributed by atoms with Crippen LogP contribution in [0.3, 0.4) is 0 Å². The van der Waals surface area contributed by atoms with Gasteiger partial charge in [0, 0.05) is 25.1 Å². The van der Waals surface area contributed by atoms with Gasteiger partial charge in [0.05, 0.1) is 25.2 Å². The summed E-state index contributed by atoms with van der Waals surface area (Å²) in [7, 11) is -0.385. The third-order valence-electron chi connectivity index (χ3n) is 5.56. The largest absolute Gasteiger partial charge is 0.496 e. The predicted octanol–water partition coefficient (Wildman–Crippen LogP) is 3.30. The van der Waals surface area contributed by atoms with Gasteiger partial charge >= 0.3 is 0 Å². The Labute approximate surface area is 184 Å². The predicted molar refractivity (Wildman–Crippen MR) is 119 cm³/mol. The fraction of sp³-hybridized carbons (Fsp3) is 0.435. The molecular formula is C23H30N2O5S. The first-order valence-corrected chi connectivity index (χ1v) is 11.9. The maximum absolute atomic E-state index is 12.9. The molecule has 1 fully saturated rings. The molecule has 1 N–H and O–H groups in total. The zero-order valence-corrected chi connectivity index (χ0v) is 19.1. The molecule has 1 aliphatic heterocycles. The molecule has 0 spiro atoms. The number of rotatable bonds is 9. The van der Waals surface area contributed by atoms with E-state index in [2.05, 4.69) is 5.32 Å². The van der Waals surface area contributed by atoms with Gasteiger partial charge in [-0.1, -0.05) is 18.2 Å². The van der Waals surface area contributed by atoms with Gasteiger partial charge in [-0.2, -0.15) is 4.31 Å². The van der Waals surface area contributed by atoms with Crippen LogP contribution >= 0.6 is 0 Å². The van der Waals surface area contributed by atoms with Gasteiger partial charge in [0.2, 0.25) is 15.9 Å². The Morgan fingerprint density at radius 3 is 2.42 bits per heavy atom. The number of methoxy groups -OCH3 is 2. The minimum absolute atomic E-state index is 0.131. The second kappa shape index (κ2) is 10.2. The lowest BCUT2D eigenvalue weighted by Gasteiger charge is -2.18. The van der Waals surface area contributed by atoms with Crippen molar-refractivity contribution < 1.29 is 22.7 Å². The topological polar surface area (TPSA) is 84.9 Å². The third kappa shape index (κ3) is 5.37. The highest BCUT2D eigenvalue weighted by Crippen LogP contribution is 2.28. The SMILES string of the molecule is COc1ccc(S(=O)(=O)N2CCCC2)cc1CCC(=O)N[C@H](C)c1ccccc1OC. The van der Waals surface area contributed by atoms with Crippen LogP contribution in [0.15, 0.2) is 47.4 Å². The van der Waals surface area contributed by atoms with Crippen LogP contribution in [0, 0.1) is 0 Å². The summed E-state index contributed by atoms with van der Waals surface area (Å²) in [5, 5.41) is 2.98. The second-order valence-electron chi connectivity index (χ2n) is 7.62. The number of carbonyl (C=O) groups excluding carboxylic acids is 1. The number of nitrogens with zero attached hydrogens (tertiary/aromatic N) is 1. The van der Waals surface area contributed by atoms with E-state index < -0.39 is 10.0 Å². The summed E-state index contributed by atoms with van der Waals surface area (Å²) in [4.78, 5) is 12.8. The first-order chi connectivity index (χ1) is 14.9. The Morgan fingerprint density at radius 1 is 1.06 bits per heavy atom. The molecule has 8 heteroatoms. The lowest BCUT2D eigenvalue weighted by molar-refractivity contribution is -0.121. The van der Waals surface area contributed by atoms with Crippen LogP contribution in [0.5, 0.6) is 11.5 Å². The van der Waals surface area contributed by atoms with Gasteiger partial charge in [-0.15, -0.1) is 0 Å². The summed E-state index contributed by atoms with van der Waals surface area (Å²) in [5.41, 5.74) is 1.59. The van der Waals surface area contributed by atoms with Crippen LogP contribution in [0.1, 0.15) is 43.4 Å². The van der Waals surface area contributed by atoms with Crippen molar-refractivity contribution in [2.24, 2.45) is 0 Å². The highest BCUT2D eigenvalue weighted by molar-refractivity contribution is 7.89. The van der Waals surface area contributed by atoms with E-state index in [-0.39, 0.29) is 23.3 Å². The average molecular weight is 447 g/mol. The number of nitrogens with one attached hydrogen (secondary N) is 1. The number of hydrogen-bond donors (Lipinski definition) is 1. The van der Waals surface area contributed by atoms with Gasteiger partial charge < -0.3 is 14.8 Å². The first kappa shape index (κ1) is 23.1. The fourth-order valence-corrected chi connectivity index (χ4v) is 5.42. The molecule has 1 atom stereocenters. The number of sulfonamides is 1. The van der Waals surface area contributed by atoms with E-state index in [4.69, 9.17) is 9.47 Å². The number of aryl methyl sites for hydroxylation is 1. The summed E-state index contributed by atoms with van der Waals surface area (Å²) in [6.07, 6.45) is 2.35. The molecule has 2 aromatic carbocycles. The Hall–Kier alpha value is -2.58. The van der Waals surface area contributed by atoms with Crippen LogP contribution in [0.4, 0.5) is 0 Å². The first-order valence-electron chi connectivity index (χ1n) is 10.5. The van der Waals surface area contributed by atoms with Crippen molar-refractivity contribution in [1.29, 1.82) is 0 Å². The van der Waals surface area contributed by atoms with E-state index in [1.54, 1.807) is 25.3 Å². The molecule has 3 rings (SSSR count). The van der Waals surface area contributed by atoms with Crippen LogP contribution < -0.4 is 14.8 Å². The van der Waals surface area contributed by atoms with E-state index in [1.165, 1.54) is 11.4 Å². The van der Waals surface area contributed by atoms with E-state index >= 15 is 0 Å². The van der Waals surface area contributed by atoms with Gasteiger partial charge in [0.15, 0.2) is 0 Å². The van der Waals surface area contributed by atoms with Crippen LogP contribution in [0.2, 0.25) is 0 Å². The highest BCUT2D eigenvalue weighted by Gasteiger charge is 2.28. The number of amides is 1. The van der Waals surface area contributed by atoms with Crippen molar-refractivity contribution in [3.63, 3.8) is 0 Å². The molecule has 0 aliphatic carbocycles. The van der Waals surface area contributed by atoms with E-state index in [9.17, 15) is 13.2 Å². The van der Waals surface area contributed by atoms with Crippen molar-refractivity contribution >= 4 is 15.9 Å². The minimum atomic E-state index is -3.52. The van der Waals surface area contributed by atoms with Gasteiger partial charge in [-0.25, -0.2) is 8.42 Å². The maximum Gasteiger partial charge on any atom is 0.243 e. The van der Waals surface area contributed by atoms with E-state index in [0.717, 1.165) is 24.2 Å². The Balaban J connectivity index is 1.69. The quantitative estimate of drug-likeness (QED) is 0.639. The monoisotopic (exact) mass is 446 g/mol. The molecular weight excluding hydrogens is 416 g/mol. The minimum Gasteiger partial charge on any atom is -0.496 e. The molecule has 0 radical (unpaired) electrons. The molecule has 1 aliphatic rings. The Kier molecular flexibility index (Phi) is 7.56. The summed E-state index contributed by atoms with van der Waals surface area (Å²) in [6.45, 7) is 3.00. The lowest BCUT2D eigenvalue weighted by atomic mass is 10.1. The smallest absolute Gasteiger partial charge is 0.243 e. The summed E-state index contributed by atoms with van der Waals surface area (Å²) in [6, 6.07) is 12.2. The molecule has 0 unspecified atom stereocenters. The summed E-state index contributed by atoms with van der Waals surface area (Å²) in [5.74, 6) is 1.16. The van der Waals surface area contributed by atoms with Crippen LogP contribution in [0.25, 0.3) is 0 Å². The van der Waals surface area contributed by atoms with Crippen molar-refractivity contribution in [3.8, 4) is 11.5 Å². The Bertz CT molecular complexity index is 1020. The second-order valence-corrected chi connectivity index (χ2v) is 9.55. The number of hydrogen-bond acceptors (Lipinski definition) is 5. The number of benzene rings is 2. The Morgan fingerprint density at radius 2 is 1.74 bits per heavy atom. The van der Waals surface area contributed by atoms with E-state index in [1.807, 2.05) is 31.2 Å². The molecule has 31 heavy (non-hydrogen) atoms. The van der Waals surface area contributed by atoms with Gasteiger partial charge in [0.1, 0.15) is 11.5 Å². The normalized spacial score (nSPS) is 15.5. The van der Waals surface area contributed by atoms with Crippen LogP contribution in [-0.2, 0) is 21.2 Å². The number of carbonyl (C=O) groups is 1. The fourth-order valence-electron chi connectivity index (χ4n) is 3.85. The lowest BCUT2D eigenvalue weighted by Crippen LogP contribution is -2.28. The molecule has 168 valence electrons. The molecule has 0 saturated carbocycles. The zero-order chi connectivity index (χ0) is 22.4. The molecule has 7 nitrogen and oxygen atoms in total. The average Bonchev–Trinajstić information content (AvgIpc) is 3.33. The summed E-state index contributed by atoms with van der Waals surface area (Å²) < 4.78 is 38.0. The van der Waals surface area contributed by atoms with Crippen molar-refractivity contribution in [2.75, 3.05) is 27.3 Å². The number of ether oxygens (including phenoxy) is 2. The molecule has 1 heterocycles. The standard InChI is InChI=1S/C23H30N2O5S/c1-17(20-8-4-5-9-22(20)30-3)24-23(26)13-10-18-16-19(11-12-21(18)29-2)31(27,28)25-14-6-7-15-25/h4-5,8-9,11-12,16-17H,6-7,10,13-15H2,1-3H3,(H,24,26)/t17-/m1/s1. The maximum atomic E-state index is 12.9. The summed E-state index contributed by atoms with van der Waals surface area (Å²) >= 11 is 0. The van der Waals surface area contributed by atoms with E-state index in [0.29, 0.717) is 30.8 Å².